The third-order valence-corrected chi connectivity index (χ3v) is 6.61. The summed E-state index contributed by atoms with van der Waals surface area (Å²) in [6, 6.07) is 15.8. The number of carboxylic acids is 1. The second-order valence-electron chi connectivity index (χ2n) is 7.98. The molecule has 0 aliphatic heterocycles. The number of carbonyl (C=O) groups excluding carboxylic acids is 2. The molecule has 9 heteroatoms. The molecule has 0 fully saturated rings. The van der Waals surface area contributed by atoms with Gasteiger partial charge in [-0.25, -0.2) is 9.78 Å². The van der Waals surface area contributed by atoms with Gasteiger partial charge in [-0.15, -0.1) is 11.3 Å². The number of aliphatic carboxylic acids is 1. The second kappa shape index (κ2) is 10.5. The average Bonchev–Trinajstić information content (AvgIpc) is 3.44. The Balaban J connectivity index is 1.30. The van der Waals surface area contributed by atoms with E-state index in [1.165, 1.54) is 11.3 Å². The van der Waals surface area contributed by atoms with Crippen molar-refractivity contribution in [3.05, 3.63) is 75.7 Å². The molecule has 0 spiro atoms. The minimum Gasteiger partial charge on any atom is -0.481 e. The predicted molar refractivity (Wildman–Crippen MR) is 128 cm³/mol. The number of benzene rings is 2. The van der Waals surface area contributed by atoms with Crippen LogP contribution in [-0.2, 0) is 16.1 Å². The van der Waals surface area contributed by atoms with E-state index in [0.29, 0.717) is 11.4 Å². The maximum atomic E-state index is 12.3. The lowest BCUT2D eigenvalue weighted by molar-refractivity contribution is -0.137. The van der Waals surface area contributed by atoms with Gasteiger partial charge in [-0.3, -0.25) is 9.59 Å². The molecule has 1 aliphatic rings. The summed E-state index contributed by atoms with van der Waals surface area (Å²) in [5.41, 5.74) is 4.79. The van der Waals surface area contributed by atoms with Crippen molar-refractivity contribution in [3.8, 4) is 11.1 Å². The van der Waals surface area contributed by atoms with Gasteiger partial charge >= 0.3 is 12.1 Å². The fourth-order valence-electron chi connectivity index (χ4n) is 4.06. The first-order valence-electron chi connectivity index (χ1n) is 11.0. The van der Waals surface area contributed by atoms with E-state index in [4.69, 9.17) is 9.84 Å². The number of thiazole rings is 1. The third-order valence-electron chi connectivity index (χ3n) is 5.76. The summed E-state index contributed by atoms with van der Waals surface area (Å²) in [6.07, 6.45) is -0.211. The van der Waals surface area contributed by atoms with E-state index in [9.17, 15) is 14.4 Å². The van der Waals surface area contributed by atoms with Gasteiger partial charge in [0.1, 0.15) is 17.3 Å². The van der Waals surface area contributed by atoms with Crippen molar-refractivity contribution in [2.24, 2.45) is 0 Å². The number of nitrogens with zero attached hydrogens (tertiary/aromatic N) is 1. The lowest BCUT2D eigenvalue weighted by atomic mass is 9.98. The van der Waals surface area contributed by atoms with Crippen LogP contribution in [0, 0.1) is 0 Å². The Labute approximate surface area is 201 Å². The number of hydrogen-bond donors (Lipinski definition) is 3. The zero-order valence-electron chi connectivity index (χ0n) is 18.6. The summed E-state index contributed by atoms with van der Waals surface area (Å²) in [5, 5.41) is 16.4. The number of amides is 2. The molecule has 0 bridgehead atoms. The number of rotatable bonds is 9. The van der Waals surface area contributed by atoms with Crippen LogP contribution in [0.2, 0.25) is 0 Å². The van der Waals surface area contributed by atoms with E-state index in [0.717, 1.165) is 22.3 Å². The van der Waals surface area contributed by atoms with Crippen LogP contribution in [0.25, 0.3) is 11.1 Å². The topological polar surface area (TPSA) is 118 Å². The Kier molecular flexibility index (Phi) is 7.22. The van der Waals surface area contributed by atoms with Crippen molar-refractivity contribution in [1.82, 2.24) is 15.6 Å². The van der Waals surface area contributed by atoms with Crippen molar-refractivity contribution in [3.63, 3.8) is 0 Å². The quantitative estimate of drug-likeness (QED) is 0.424. The molecule has 1 atom stereocenters. The molecular weight excluding hydrogens is 454 g/mol. The summed E-state index contributed by atoms with van der Waals surface area (Å²) in [6.45, 7) is 2.15. The molecule has 8 nitrogen and oxygen atoms in total. The number of fused-ring (bicyclic) bond motifs is 3. The van der Waals surface area contributed by atoms with Crippen molar-refractivity contribution in [2.45, 2.75) is 38.3 Å². The largest absolute Gasteiger partial charge is 0.481 e. The SMILES string of the molecule is CC[C@@H](CC(=O)O)NC(=O)c1csc(CNC(=O)OCC2c3ccccc3-c3ccccc32)n1. The monoisotopic (exact) mass is 479 g/mol. The highest BCUT2D eigenvalue weighted by Gasteiger charge is 2.29. The van der Waals surface area contributed by atoms with Gasteiger partial charge in [-0.1, -0.05) is 55.5 Å². The summed E-state index contributed by atoms with van der Waals surface area (Å²) in [4.78, 5) is 39.8. The number of ether oxygens (including phenoxy) is 1. The van der Waals surface area contributed by atoms with Crippen LogP contribution in [0.4, 0.5) is 4.79 Å². The first-order valence-corrected chi connectivity index (χ1v) is 11.9. The highest BCUT2D eigenvalue weighted by molar-refractivity contribution is 7.09. The van der Waals surface area contributed by atoms with Crippen LogP contribution in [-0.4, -0.2) is 40.7 Å². The molecule has 176 valence electrons. The summed E-state index contributed by atoms with van der Waals surface area (Å²) in [7, 11) is 0. The van der Waals surface area contributed by atoms with Gasteiger partial charge in [0.2, 0.25) is 0 Å². The lowest BCUT2D eigenvalue weighted by Gasteiger charge is -2.14. The lowest BCUT2D eigenvalue weighted by Crippen LogP contribution is -2.36. The molecule has 0 saturated carbocycles. The Bertz CT molecular complexity index is 1160. The van der Waals surface area contributed by atoms with Gasteiger partial charge < -0.3 is 20.5 Å². The van der Waals surface area contributed by atoms with Gasteiger partial charge in [-0.05, 0) is 28.7 Å². The molecule has 1 aromatic heterocycles. The second-order valence-corrected chi connectivity index (χ2v) is 8.92. The maximum absolute atomic E-state index is 12.3. The van der Waals surface area contributed by atoms with E-state index in [2.05, 4.69) is 39.9 Å². The summed E-state index contributed by atoms with van der Waals surface area (Å²) >= 11 is 1.23. The van der Waals surface area contributed by atoms with Crippen LogP contribution in [0.3, 0.4) is 0 Å². The number of hydrogen-bond acceptors (Lipinski definition) is 6. The van der Waals surface area contributed by atoms with Gasteiger partial charge in [0.05, 0.1) is 13.0 Å². The van der Waals surface area contributed by atoms with E-state index in [-0.39, 0.29) is 31.2 Å². The third kappa shape index (κ3) is 5.26. The van der Waals surface area contributed by atoms with Gasteiger partial charge in [0.15, 0.2) is 0 Å². The predicted octanol–water partition coefficient (Wildman–Crippen LogP) is 4.16. The van der Waals surface area contributed by atoms with Gasteiger partial charge in [0, 0.05) is 17.3 Å². The van der Waals surface area contributed by atoms with Crippen LogP contribution < -0.4 is 10.6 Å². The zero-order chi connectivity index (χ0) is 24.1. The molecule has 3 N–H and O–H groups in total. The van der Waals surface area contributed by atoms with E-state index in [1.54, 1.807) is 12.3 Å². The molecule has 0 unspecified atom stereocenters. The van der Waals surface area contributed by atoms with Crippen molar-refractivity contribution in [1.29, 1.82) is 0 Å². The van der Waals surface area contributed by atoms with Crippen molar-refractivity contribution in [2.75, 3.05) is 6.61 Å². The fraction of sp³-hybridized carbons (Fsp3) is 0.280. The Hall–Kier alpha value is -3.72. The molecular formula is C25H25N3O5S. The summed E-state index contributed by atoms with van der Waals surface area (Å²) < 4.78 is 5.51. The highest BCUT2D eigenvalue weighted by Crippen LogP contribution is 2.44. The zero-order valence-corrected chi connectivity index (χ0v) is 19.4. The molecule has 4 rings (SSSR count). The summed E-state index contributed by atoms with van der Waals surface area (Å²) in [5.74, 6) is -1.43. The van der Waals surface area contributed by atoms with Crippen molar-refractivity contribution >= 4 is 29.3 Å². The first-order chi connectivity index (χ1) is 16.5. The standard InChI is InChI=1S/C25H25N3O5S/c1-2-15(11-23(29)30)27-24(31)21-14-34-22(28-21)12-26-25(32)33-13-20-18-9-5-3-7-16(18)17-8-4-6-10-19(17)20/h3-10,14-15,20H,2,11-13H2,1H3,(H,26,32)(H,27,31)(H,29,30)/t15-/m0/s1. The normalized spacial score (nSPS) is 13.0. The van der Waals surface area contributed by atoms with E-state index < -0.39 is 24.0 Å². The number of aromatic nitrogens is 1. The minimum atomic E-state index is -0.974. The molecule has 2 amide bonds. The van der Waals surface area contributed by atoms with Crippen LogP contribution >= 0.6 is 11.3 Å². The molecule has 2 aromatic carbocycles. The first kappa shape index (κ1) is 23.4. The Morgan fingerprint density at radius 1 is 1.09 bits per heavy atom. The average molecular weight is 480 g/mol. The van der Waals surface area contributed by atoms with E-state index in [1.807, 2.05) is 24.3 Å². The molecule has 0 saturated heterocycles. The number of nitrogens with one attached hydrogen (secondary N) is 2. The molecule has 1 heterocycles. The minimum absolute atomic E-state index is 0.0226. The van der Waals surface area contributed by atoms with Crippen LogP contribution in [0.15, 0.2) is 53.9 Å². The van der Waals surface area contributed by atoms with Gasteiger partial charge in [0.25, 0.3) is 5.91 Å². The van der Waals surface area contributed by atoms with Gasteiger partial charge in [-0.2, -0.15) is 0 Å². The Morgan fingerprint density at radius 3 is 2.35 bits per heavy atom. The van der Waals surface area contributed by atoms with Crippen molar-refractivity contribution < 1.29 is 24.2 Å². The highest BCUT2D eigenvalue weighted by atomic mass is 32.1. The Morgan fingerprint density at radius 2 is 1.74 bits per heavy atom. The molecule has 34 heavy (non-hydrogen) atoms. The van der Waals surface area contributed by atoms with E-state index >= 15 is 0 Å². The number of carboxylic acid groups (broad SMARTS) is 1. The molecule has 3 aromatic rings. The van der Waals surface area contributed by atoms with Crippen LogP contribution in [0.5, 0.6) is 0 Å². The number of alkyl carbamates (subject to hydrolysis) is 1. The number of carbonyl (C=O) groups is 3. The van der Waals surface area contributed by atoms with Crippen LogP contribution in [0.1, 0.15) is 52.3 Å². The fourth-order valence-corrected chi connectivity index (χ4v) is 4.78. The maximum Gasteiger partial charge on any atom is 0.407 e. The smallest absolute Gasteiger partial charge is 0.407 e. The molecule has 0 radical (unpaired) electrons. The molecule has 1 aliphatic carbocycles.